The van der Waals surface area contributed by atoms with Gasteiger partial charge < -0.3 is 9.47 Å². The Kier molecular flexibility index (Phi) is 5.97. The lowest BCUT2D eigenvalue weighted by Crippen LogP contribution is -2.20. The van der Waals surface area contributed by atoms with Crippen LogP contribution in [0.5, 0.6) is 0 Å². The second-order valence-electron chi connectivity index (χ2n) is 1.75. The van der Waals surface area contributed by atoms with Gasteiger partial charge in [-0.25, -0.2) is 9.79 Å². The summed E-state index contributed by atoms with van der Waals surface area (Å²) in [6, 6.07) is 0. The highest BCUT2D eigenvalue weighted by molar-refractivity contribution is 5.32. The normalized spacial score (nSPS) is 12.2. The van der Waals surface area contributed by atoms with E-state index in [2.05, 4.69) is 4.99 Å². The van der Waals surface area contributed by atoms with E-state index in [0.717, 1.165) is 0 Å². The van der Waals surface area contributed by atoms with E-state index in [1.165, 1.54) is 6.08 Å². The lowest BCUT2D eigenvalue weighted by molar-refractivity contribution is 0.0344. The summed E-state index contributed by atoms with van der Waals surface area (Å²) >= 11 is 0. The standard InChI is InChI=1S/C6H11NO3/c1-9-4-6(10-2)3-7-5-8/h6H,3-4H2,1-2H3. The Bertz CT molecular complexity index is 120. The van der Waals surface area contributed by atoms with Gasteiger partial charge in [0.1, 0.15) is 6.10 Å². The largest absolute Gasteiger partial charge is 0.382 e. The average Bonchev–Trinajstić information content (AvgIpc) is 1.98. The van der Waals surface area contributed by atoms with E-state index >= 15 is 0 Å². The highest BCUT2D eigenvalue weighted by Crippen LogP contribution is 1.89. The van der Waals surface area contributed by atoms with Gasteiger partial charge in [-0.2, -0.15) is 0 Å². The zero-order valence-corrected chi connectivity index (χ0v) is 6.16. The predicted molar refractivity (Wildman–Crippen MR) is 35.7 cm³/mol. The van der Waals surface area contributed by atoms with E-state index in [1.807, 2.05) is 0 Å². The Morgan fingerprint density at radius 1 is 1.60 bits per heavy atom. The molecular formula is C6H11NO3. The summed E-state index contributed by atoms with van der Waals surface area (Å²) in [6.07, 6.45) is 1.30. The second-order valence-corrected chi connectivity index (χ2v) is 1.75. The van der Waals surface area contributed by atoms with Crippen molar-refractivity contribution >= 4 is 6.08 Å². The molecule has 0 fully saturated rings. The van der Waals surface area contributed by atoms with Gasteiger partial charge in [0.05, 0.1) is 13.2 Å². The van der Waals surface area contributed by atoms with Crippen molar-refractivity contribution in [3.63, 3.8) is 0 Å². The number of hydrogen-bond donors (Lipinski definition) is 0. The first kappa shape index (κ1) is 9.30. The molecule has 58 valence electrons. The molecule has 10 heavy (non-hydrogen) atoms. The highest BCUT2D eigenvalue weighted by atomic mass is 16.5. The molecule has 4 heteroatoms. The van der Waals surface area contributed by atoms with Crippen molar-refractivity contribution < 1.29 is 14.3 Å². The van der Waals surface area contributed by atoms with E-state index in [-0.39, 0.29) is 6.10 Å². The smallest absolute Gasteiger partial charge is 0.235 e. The van der Waals surface area contributed by atoms with E-state index in [0.29, 0.717) is 13.2 Å². The first-order chi connectivity index (χ1) is 4.85. The van der Waals surface area contributed by atoms with E-state index in [9.17, 15) is 4.79 Å². The molecule has 0 saturated carbocycles. The van der Waals surface area contributed by atoms with Crippen LogP contribution in [0.3, 0.4) is 0 Å². The van der Waals surface area contributed by atoms with Crippen LogP contribution in [-0.2, 0) is 14.3 Å². The maximum absolute atomic E-state index is 9.64. The molecule has 0 aromatic heterocycles. The van der Waals surface area contributed by atoms with E-state index in [4.69, 9.17) is 9.47 Å². The van der Waals surface area contributed by atoms with Crippen LogP contribution in [0, 0.1) is 0 Å². The summed E-state index contributed by atoms with van der Waals surface area (Å²) in [4.78, 5) is 13.0. The molecule has 0 heterocycles. The quantitative estimate of drug-likeness (QED) is 0.403. The Labute approximate surface area is 59.8 Å². The van der Waals surface area contributed by atoms with Crippen molar-refractivity contribution in [2.45, 2.75) is 6.10 Å². The summed E-state index contributed by atoms with van der Waals surface area (Å²) < 4.78 is 9.67. The summed E-state index contributed by atoms with van der Waals surface area (Å²) in [5.74, 6) is 0. The molecule has 0 N–H and O–H groups in total. The van der Waals surface area contributed by atoms with Crippen LogP contribution in [0.25, 0.3) is 0 Å². The van der Waals surface area contributed by atoms with Gasteiger partial charge in [0.25, 0.3) is 0 Å². The number of nitrogens with zero attached hydrogens (tertiary/aromatic N) is 1. The Morgan fingerprint density at radius 2 is 2.30 bits per heavy atom. The highest BCUT2D eigenvalue weighted by Gasteiger charge is 2.03. The SMILES string of the molecule is COCC(CN=C=O)OC. The minimum Gasteiger partial charge on any atom is -0.382 e. The number of isocyanates is 1. The maximum atomic E-state index is 9.64. The van der Waals surface area contributed by atoms with Crippen LogP contribution in [0.1, 0.15) is 0 Å². The fraction of sp³-hybridized carbons (Fsp3) is 0.833. The molecular weight excluding hydrogens is 134 g/mol. The molecule has 0 bridgehead atoms. The summed E-state index contributed by atoms with van der Waals surface area (Å²) in [5.41, 5.74) is 0. The summed E-state index contributed by atoms with van der Waals surface area (Å²) in [6.45, 7) is 0.759. The van der Waals surface area contributed by atoms with Gasteiger partial charge in [0.15, 0.2) is 0 Å². The minimum atomic E-state index is -0.133. The number of aliphatic imine (C=N–C) groups is 1. The van der Waals surface area contributed by atoms with Gasteiger partial charge >= 0.3 is 0 Å². The molecule has 0 aliphatic carbocycles. The second kappa shape index (κ2) is 6.42. The number of carbonyl (C=O) groups excluding carboxylic acids is 1. The fourth-order valence-electron chi connectivity index (χ4n) is 0.520. The third-order valence-corrected chi connectivity index (χ3v) is 1.05. The van der Waals surface area contributed by atoms with Gasteiger partial charge in [0.2, 0.25) is 6.08 Å². The molecule has 0 aromatic carbocycles. The van der Waals surface area contributed by atoms with E-state index < -0.39 is 0 Å². The van der Waals surface area contributed by atoms with Gasteiger partial charge in [0, 0.05) is 14.2 Å². The predicted octanol–water partition coefficient (Wildman–Crippen LogP) is -0.0164. The Morgan fingerprint density at radius 3 is 2.70 bits per heavy atom. The van der Waals surface area contributed by atoms with Crippen molar-refractivity contribution in [1.29, 1.82) is 0 Å². The van der Waals surface area contributed by atoms with Crippen LogP contribution >= 0.6 is 0 Å². The number of rotatable bonds is 5. The van der Waals surface area contributed by atoms with Gasteiger partial charge in [-0.3, -0.25) is 0 Å². The molecule has 0 rings (SSSR count). The van der Waals surface area contributed by atoms with Crippen molar-refractivity contribution in [2.75, 3.05) is 27.4 Å². The molecule has 1 atom stereocenters. The maximum Gasteiger partial charge on any atom is 0.235 e. The van der Waals surface area contributed by atoms with Gasteiger partial charge in [-0.15, -0.1) is 0 Å². The zero-order chi connectivity index (χ0) is 7.82. The van der Waals surface area contributed by atoms with Crippen molar-refractivity contribution in [1.82, 2.24) is 0 Å². The first-order valence-electron chi connectivity index (χ1n) is 2.90. The van der Waals surface area contributed by atoms with Crippen molar-refractivity contribution in [3.8, 4) is 0 Å². The van der Waals surface area contributed by atoms with Crippen molar-refractivity contribution in [3.05, 3.63) is 0 Å². The van der Waals surface area contributed by atoms with Crippen LogP contribution in [-0.4, -0.2) is 39.6 Å². The molecule has 0 saturated heterocycles. The van der Waals surface area contributed by atoms with Crippen LogP contribution < -0.4 is 0 Å². The number of ether oxygens (including phenoxy) is 2. The fourth-order valence-corrected chi connectivity index (χ4v) is 0.520. The summed E-state index contributed by atoms with van der Waals surface area (Å²) in [7, 11) is 3.11. The average molecular weight is 145 g/mol. The van der Waals surface area contributed by atoms with Crippen molar-refractivity contribution in [2.24, 2.45) is 4.99 Å². The zero-order valence-electron chi connectivity index (χ0n) is 6.16. The van der Waals surface area contributed by atoms with Gasteiger partial charge in [-0.1, -0.05) is 0 Å². The molecule has 0 aromatic rings. The molecule has 0 spiro atoms. The van der Waals surface area contributed by atoms with Crippen LogP contribution in [0.2, 0.25) is 0 Å². The number of hydrogen-bond acceptors (Lipinski definition) is 4. The first-order valence-corrected chi connectivity index (χ1v) is 2.90. The molecule has 1 unspecified atom stereocenters. The van der Waals surface area contributed by atoms with Gasteiger partial charge in [-0.05, 0) is 0 Å². The monoisotopic (exact) mass is 145 g/mol. The third-order valence-electron chi connectivity index (χ3n) is 1.05. The third kappa shape index (κ3) is 4.21. The van der Waals surface area contributed by atoms with E-state index in [1.54, 1.807) is 14.2 Å². The molecule has 0 radical (unpaired) electrons. The Hall–Kier alpha value is -0.700. The topological polar surface area (TPSA) is 47.9 Å². The lowest BCUT2D eigenvalue weighted by Gasteiger charge is -2.09. The minimum absolute atomic E-state index is 0.133. The molecule has 4 nitrogen and oxygen atoms in total. The number of methoxy groups -OCH3 is 2. The molecule has 0 aliphatic rings. The van der Waals surface area contributed by atoms with Crippen LogP contribution in [0.4, 0.5) is 0 Å². The lowest BCUT2D eigenvalue weighted by atomic mass is 10.4. The molecule has 0 amide bonds. The summed E-state index contributed by atoms with van der Waals surface area (Å²) in [5, 5.41) is 0. The molecule has 0 aliphatic heterocycles. The Balaban J connectivity index is 3.48. The van der Waals surface area contributed by atoms with Crippen LogP contribution in [0.15, 0.2) is 4.99 Å².